The molecule has 16 heavy (non-hydrogen) atoms. The minimum atomic E-state index is -1.08. The van der Waals surface area contributed by atoms with Crippen molar-refractivity contribution in [1.82, 2.24) is 9.97 Å². The number of pyridine rings is 2. The van der Waals surface area contributed by atoms with Crippen LogP contribution in [0, 0.1) is 23.5 Å². The zero-order valence-electron chi connectivity index (χ0n) is 7.72. The lowest BCUT2D eigenvalue weighted by Gasteiger charge is -2.01. The van der Waals surface area contributed by atoms with E-state index < -0.39 is 23.5 Å². The van der Waals surface area contributed by atoms with Crippen LogP contribution in [0.5, 0.6) is 0 Å². The van der Waals surface area contributed by atoms with Crippen molar-refractivity contribution in [2.75, 3.05) is 0 Å². The first-order chi connectivity index (χ1) is 7.54. The maximum atomic E-state index is 12.8. The number of nitrogens with zero attached hydrogens (tertiary/aromatic N) is 2. The predicted octanol–water partition coefficient (Wildman–Crippen LogP) is 2.70. The van der Waals surface area contributed by atoms with Gasteiger partial charge >= 0.3 is 0 Å². The fourth-order valence-corrected chi connectivity index (χ4v) is 1.19. The van der Waals surface area contributed by atoms with Gasteiger partial charge < -0.3 is 0 Å². The molecule has 0 saturated carbocycles. The minimum absolute atomic E-state index is 0.268. The molecule has 0 atom stereocenters. The van der Waals surface area contributed by atoms with Crippen molar-refractivity contribution in [3.8, 4) is 11.4 Å². The quantitative estimate of drug-likeness (QED) is 0.554. The summed E-state index contributed by atoms with van der Waals surface area (Å²) < 4.78 is 51.1. The van der Waals surface area contributed by atoms with Gasteiger partial charge in [-0.1, -0.05) is 0 Å². The second-order valence-corrected chi connectivity index (χ2v) is 2.99. The highest BCUT2D eigenvalue weighted by Gasteiger charge is 2.09. The van der Waals surface area contributed by atoms with Crippen molar-refractivity contribution in [1.29, 1.82) is 0 Å². The highest BCUT2D eigenvalue weighted by atomic mass is 19.1. The van der Waals surface area contributed by atoms with E-state index in [1.807, 2.05) is 0 Å². The van der Waals surface area contributed by atoms with Gasteiger partial charge in [0.1, 0.15) is 11.6 Å². The normalized spacial score (nSPS) is 10.5. The molecule has 0 aromatic carbocycles. The lowest BCUT2D eigenvalue weighted by Crippen LogP contribution is -1.95. The third kappa shape index (κ3) is 2.16. The van der Waals surface area contributed by atoms with E-state index in [9.17, 15) is 17.6 Å². The zero-order valence-corrected chi connectivity index (χ0v) is 7.72. The average molecular weight is 228 g/mol. The first kappa shape index (κ1) is 10.5. The van der Waals surface area contributed by atoms with E-state index >= 15 is 0 Å². The molecule has 0 aliphatic heterocycles. The van der Waals surface area contributed by atoms with E-state index in [0.29, 0.717) is 12.1 Å². The number of hydrogen-bond donors (Lipinski definition) is 0. The second kappa shape index (κ2) is 3.88. The summed E-state index contributed by atoms with van der Waals surface area (Å²) in [6, 6.07) is 2.78. The fraction of sp³-hybridized carbons (Fsp3) is 0. The van der Waals surface area contributed by atoms with Gasteiger partial charge in [0.15, 0.2) is 0 Å². The van der Waals surface area contributed by atoms with Crippen LogP contribution in [0.3, 0.4) is 0 Å². The van der Waals surface area contributed by atoms with Gasteiger partial charge in [-0.15, -0.1) is 0 Å². The first-order valence-corrected chi connectivity index (χ1v) is 4.21. The molecule has 0 N–H and O–H groups in total. The number of halogens is 4. The van der Waals surface area contributed by atoms with Gasteiger partial charge in [-0.05, 0) is 0 Å². The minimum Gasteiger partial charge on any atom is -0.218 e. The molecule has 2 aromatic rings. The molecular formula is C10H4F4N2. The molecule has 82 valence electrons. The van der Waals surface area contributed by atoms with Crippen molar-refractivity contribution in [3.63, 3.8) is 0 Å². The summed E-state index contributed by atoms with van der Waals surface area (Å²) in [7, 11) is 0. The Labute approximate surface area is 87.6 Å². The van der Waals surface area contributed by atoms with Gasteiger partial charge in [0, 0.05) is 24.3 Å². The molecule has 0 unspecified atom stereocenters. The topological polar surface area (TPSA) is 25.8 Å². The molecule has 0 amide bonds. The van der Waals surface area contributed by atoms with E-state index in [4.69, 9.17) is 0 Å². The van der Waals surface area contributed by atoms with Gasteiger partial charge in [0.2, 0.25) is 11.9 Å². The molecule has 0 spiro atoms. The highest BCUT2D eigenvalue weighted by molar-refractivity contribution is 5.53. The molecule has 0 radical (unpaired) electrons. The smallest absolute Gasteiger partial charge is 0.216 e. The molecule has 2 aromatic heterocycles. The van der Waals surface area contributed by atoms with Crippen LogP contribution in [-0.4, -0.2) is 9.97 Å². The Hall–Kier alpha value is -1.98. The largest absolute Gasteiger partial charge is 0.218 e. The van der Waals surface area contributed by atoms with Gasteiger partial charge in [0.05, 0.1) is 11.4 Å². The van der Waals surface area contributed by atoms with Crippen LogP contribution < -0.4 is 0 Å². The summed E-state index contributed by atoms with van der Waals surface area (Å²) in [4.78, 5) is 6.57. The molecule has 0 bridgehead atoms. The van der Waals surface area contributed by atoms with Crippen LogP contribution in [-0.2, 0) is 0 Å². The molecule has 0 aliphatic rings. The maximum Gasteiger partial charge on any atom is 0.216 e. The average Bonchev–Trinajstić information content (AvgIpc) is 2.14. The standard InChI is InChI=1S/C10H4F4N2/c11-5-1-7(15-9(13)3-5)8-2-6(12)4-10(14)16-8/h1-4H. The number of hydrogen-bond acceptors (Lipinski definition) is 2. The zero-order chi connectivity index (χ0) is 11.7. The number of rotatable bonds is 1. The Morgan fingerprint density at radius 2 is 1.00 bits per heavy atom. The van der Waals surface area contributed by atoms with E-state index in [1.165, 1.54) is 0 Å². The Morgan fingerprint density at radius 1 is 0.625 bits per heavy atom. The summed E-state index contributed by atoms with van der Waals surface area (Å²) in [5.41, 5.74) is -0.535. The van der Waals surface area contributed by atoms with E-state index in [0.717, 1.165) is 12.1 Å². The lowest BCUT2D eigenvalue weighted by atomic mass is 10.2. The Bertz CT molecular complexity index is 452. The third-order valence-corrected chi connectivity index (χ3v) is 1.78. The summed E-state index contributed by atoms with van der Waals surface area (Å²) >= 11 is 0. The molecule has 0 fully saturated rings. The molecule has 0 aliphatic carbocycles. The van der Waals surface area contributed by atoms with E-state index in [1.54, 1.807) is 0 Å². The molecule has 2 heterocycles. The lowest BCUT2D eigenvalue weighted by molar-refractivity contribution is 0.545. The third-order valence-electron chi connectivity index (χ3n) is 1.78. The predicted molar refractivity (Wildman–Crippen MR) is 47.3 cm³/mol. The molecule has 6 heteroatoms. The van der Waals surface area contributed by atoms with Gasteiger partial charge in [0.25, 0.3) is 0 Å². The van der Waals surface area contributed by atoms with Crippen molar-refractivity contribution in [3.05, 3.63) is 47.8 Å². The van der Waals surface area contributed by atoms with Crippen LogP contribution in [0.4, 0.5) is 17.6 Å². The van der Waals surface area contributed by atoms with Crippen LogP contribution in [0.1, 0.15) is 0 Å². The van der Waals surface area contributed by atoms with Crippen molar-refractivity contribution < 1.29 is 17.6 Å². The van der Waals surface area contributed by atoms with Crippen molar-refractivity contribution >= 4 is 0 Å². The SMILES string of the molecule is Fc1cc(F)nc(-c2cc(F)cc(F)n2)c1. The van der Waals surface area contributed by atoms with Crippen LogP contribution in [0.25, 0.3) is 11.4 Å². The fourth-order valence-electron chi connectivity index (χ4n) is 1.19. The highest BCUT2D eigenvalue weighted by Crippen LogP contribution is 2.17. The maximum absolute atomic E-state index is 12.8. The first-order valence-electron chi connectivity index (χ1n) is 4.21. The van der Waals surface area contributed by atoms with Crippen molar-refractivity contribution in [2.24, 2.45) is 0 Å². The summed E-state index contributed by atoms with van der Waals surface area (Å²) in [6.45, 7) is 0. The van der Waals surface area contributed by atoms with Gasteiger partial charge in [-0.2, -0.15) is 8.78 Å². The van der Waals surface area contributed by atoms with Crippen LogP contribution >= 0.6 is 0 Å². The van der Waals surface area contributed by atoms with E-state index in [-0.39, 0.29) is 11.4 Å². The van der Waals surface area contributed by atoms with Gasteiger partial charge in [-0.3, -0.25) is 0 Å². The Balaban J connectivity index is 2.57. The second-order valence-electron chi connectivity index (χ2n) is 2.99. The van der Waals surface area contributed by atoms with Crippen LogP contribution in [0.15, 0.2) is 24.3 Å². The summed E-state index contributed by atoms with van der Waals surface area (Å²) in [5, 5.41) is 0. The number of aromatic nitrogens is 2. The van der Waals surface area contributed by atoms with Crippen LogP contribution in [0.2, 0.25) is 0 Å². The van der Waals surface area contributed by atoms with Gasteiger partial charge in [-0.25, -0.2) is 18.7 Å². The molecule has 0 saturated heterocycles. The van der Waals surface area contributed by atoms with Crippen molar-refractivity contribution in [2.45, 2.75) is 0 Å². The molecular weight excluding hydrogens is 224 g/mol. The molecule has 2 nitrogen and oxygen atoms in total. The van der Waals surface area contributed by atoms with E-state index in [2.05, 4.69) is 9.97 Å². The Morgan fingerprint density at radius 3 is 1.31 bits per heavy atom. The monoisotopic (exact) mass is 228 g/mol. The molecule has 2 rings (SSSR count). The summed E-state index contributed by atoms with van der Waals surface area (Å²) in [6.07, 6.45) is 0. The summed E-state index contributed by atoms with van der Waals surface area (Å²) in [5.74, 6) is -3.95. The Kier molecular flexibility index (Phi) is 2.55.